The fraction of sp³-hybridized carbons (Fsp3) is 0.417. The summed E-state index contributed by atoms with van der Waals surface area (Å²) in [6.45, 7) is 4.43. The standard InChI is InChI=1S/C24H30N4O.HI/c1-2-25-23(27-17-24(12-13-24)15-18-8-4-3-5-9-18)26-16-19-14-22(29)28-21-11-7-6-10-20(19)21;/h3-11,19H,2,12-17H2,1H3,(H,28,29)(H2,25,26,27);1H. The molecule has 0 saturated heterocycles. The summed E-state index contributed by atoms with van der Waals surface area (Å²) in [5.41, 5.74) is 3.82. The molecule has 30 heavy (non-hydrogen) atoms. The zero-order chi connectivity index (χ0) is 20.1. The minimum atomic E-state index is 0. The van der Waals surface area contributed by atoms with E-state index in [1.807, 2.05) is 18.2 Å². The van der Waals surface area contributed by atoms with E-state index in [4.69, 9.17) is 4.99 Å². The molecule has 160 valence electrons. The topological polar surface area (TPSA) is 65.5 Å². The van der Waals surface area contributed by atoms with Gasteiger partial charge in [0.1, 0.15) is 0 Å². The number of nitrogens with zero attached hydrogens (tertiary/aromatic N) is 1. The molecule has 1 saturated carbocycles. The summed E-state index contributed by atoms with van der Waals surface area (Å²) in [6, 6.07) is 18.8. The molecule has 2 aliphatic rings. The molecule has 2 aromatic carbocycles. The first-order valence-corrected chi connectivity index (χ1v) is 10.6. The number of carbonyl (C=O) groups excluding carboxylic acids is 1. The van der Waals surface area contributed by atoms with Crippen molar-refractivity contribution in [1.29, 1.82) is 0 Å². The number of guanidine groups is 1. The summed E-state index contributed by atoms with van der Waals surface area (Å²) >= 11 is 0. The normalized spacial score (nSPS) is 19.2. The van der Waals surface area contributed by atoms with E-state index in [9.17, 15) is 4.79 Å². The van der Waals surface area contributed by atoms with Gasteiger partial charge in [-0.15, -0.1) is 24.0 Å². The molecule has 5 nitrogen and oxygen atoms in total. The van der Waals surface area contributed by atoms with Crippen LogP contribution in [0.3, 0.4) is 0 Å². The number of para-hydroxylation sites is 1. The second-order valence-electron chi connectivity index (χ2n) is 8.27. The summed E-state index contributed by atoms with van der Waals surface area (Å²) in [6.07, 6.45) is 4.07. The maximum absolute atomic E-state index is 12.1. The fourth-order valence-electron chi connectivity index (χ4n) is 4.09. The number of benzene rings is 2. The monoisotopic (exact) mass is 518 g/mol. The molecular formula is C24H31IN4O. The van der Waals surface area contributed by atoms with Crippen molar-refractivity contribution in [2.45, 2.75) is 38.5 Å². The number of nitrogens with one attached hydrogen (secondary N) is 3. The van der Waals surface area contributed by atoms with E-state index in [0.717, 1.165) is 31.2 Å². The molecule has 1 fully saturated rings. The van der Waals surface area contributed by atoms with E-state index in [1.165, 1.54) is 24.0 Å². The quantitative estimate of drug-likeness (QED) is 0.291. The molecule has 1 heterocycles. The Morgan fingerprint density at radius 1 is 1.10 bits per heavy atom. The van der Waals surface area contributed by atoms with Gasteiger partial charge in [-0.3, -0.25) is 9.79 Å². The highest BCUT2D eigenvalue weighted by Gasteiger charge is 2.42. The van der Waals surface area contributed by atoms with E-state index in [0.29, 0.717) is 18.4 Å². The van der Waals surface area contributed by atoms with E-state index in [1.54, 1.807) is 0 Å². The molecule has 0 aromatic heterocycles. The molecule has 1 aliphatic heterocycles. The smallest absolute Gasteiger partial charge is 0.225 e. The van der Waals surface area contributed by atoms with Crippen molar-refractivity contribution >= 4 is 41.5 Å². The highest BCUT2D eigenvalue weighted by Crippen LogP contribution is 2.48. The van der Waals surface area contributed by atoms with Crippen LogP contribution >= 0.6 is 24.0 Å². The molecule has 0 spiro atoms. The number of fused-ring (bicyclic) bond motifs is 1. The Morgan fingerprint density at radius 2 is 1.83 bits per heavy atom. The predicted octanol–water partition coefficient (Wildman–Crippen LogP) is 4.31. The number of amides is 1. The maximum atomic E-state index is 12.1. The highest BCUT2D eigenvalue weighted by atomic mass is 127. The summed E-state index contributed by atoms with van der Waals surface area (Å²) in [7, 11) is 0. The Kier molecular flexibility index (Phi) is 7.75. The molecule has 2 aromatic rings. The van der Waals surface area contributed by atoms with E-state index >= 15 is 0 Å². The van der Waals surface area contributed by atoms with Crippen molar-refractivity contribution < 1.29 is 4.79 Å². The van der Waals surface area contributed by atoms with Crippen molar-refractivity contribution in [3.05, 3.63) is 65.7 Å². The van der Waals surface area contributed by atoms with Crippen LogP contribution in [0.4, 0.5) is 5.69 Å². The van der Waals surface area contributed by atoms with E-state index in [-0.39, 0.29) is 35.8 Å². The van der Waals surface area contributed by atoms with Crippen LogP contribution in [0.15, 0.2) is 59.6 Å². The average Bonchev–Trinajstić information content (AvgIpc) is 3.50. The Labute approximate surface area is 196 Å². The Balaban J connectivity index is 0.00000256. The van der Waals surface area contributed by atoms with Crippen LogP contribution in [0, 0.1) is 5.41 Å². The van der Waals surface area contributed by atoms with Crippen LogP contribution < -0.4 is 16.0 Å². The molecule has 1 atom stereocenters. The number of rotatable bonds is 7. The zero-order valence-electron chi connectivity index (χ0n) is 17.5. The van der Waals surface area contributed by atoms with Crippen LogP contribution in [0.2, 0.25) is 0 Å². The number of carbonyl (C=O) groups is 1. The molecule has 6 heteroatoms. The van der Waals surface area contributed by atoms with Crippen LogP contribution in [0.25, 0.3) is 0 Å². The van der Waals surface area contributed by atoms with Crippen molar-refractivity contribution in [2.75, 3.05) is 25.0 Å². The SMILES string of the molecule is CCNC(=NCC1(Cc2ccccc2)CC1)NCC1CC(=O)Nc2ccccc21.I. The van der Waals surface area contributed by atoms with Gasteiger partial charge < -0.3 is 16.0 Å². The van der Waals surface area contributed by atoms with Crippen molar-refractivity contribution in [3.63, 3.8) is 0 Å². The third-order valence-corrected chi connectivity index (χ3v) is 5.92. The Hall–Kier alpha value is -2.09. The fourth-order valence-corrected chi connectivity index (χ4v) is 4.09. The van der Waals surface area contributed by atoms with Crippen molar-refractivity contribution in [3.8, 4) is 0 Å². The number of aliphatic imine (C=N–C) groups is 1. The third kappa shape index (κ3) is 5.74. The lowest BCUT2D eigenvalue weighted by Gasteiger charge is -2.26. The first kappa shape index (κ1) is 22.6. The Morgan fingerprint density at radius 3 is 2.57 bits per heavy atom. The van der Waals surface area contributed by atoms with Gasteiger partial charge in [0.15, 0.2) is 5.96 Å². The first-order valence-electron chi connectivity index (χ1n) is 10.6. The summed E-state index contributed by atoms with van der Waals surface area (Å²) in [5.74, 6) is 1.08. The average molecular weight is 518 g/mol. The van der Waals surface area contributed by atoms with E-state index < -0.39 is 0 Å². The molecular weight excluding hydrogens is 487 g/mol. The minimum absolute atomic E-state index is 0. The number of hydrogen-bond acceptors (Lipinski definition) is 2. The molecule has 0 radical (unpaired) electrons. The lowest BCUT2D eigenvalue weighted by atomic mass is 9.90. The van der Waals surface area contributed by atoms with Crippen molar-refractivity contribution in [1.82, 2.24) is 10.6 Å². The second-order valence-corrected chi connectivity index (χ2v) is 8.27. The van der Waals surface area contributed by atoms with Crippen molar-refractivity contribution in [2.24, 2.45) is 10.4 Å². The molecule has 1 aliphatic carbocycles. The Bertz CT molecular complexity index is 880. The lowest BCUT2D eigenvalue weighted by Crippen LogP contribution is -2.41. The van der Waals surface area contributed by atoms with Gasteiger partial charge in [0, 0.05) is 37.7 Å². The maximum Gasteiger partial charge on any atom is 0.225 e. The third-order valence-electron chi connectivity index (χ3n) is 5.92. The second kappa shape index (κ2) is 10.3. The molecule has 0 bridgehead atoms. The summed E-state index contributed by atoms with van der Waals surface area (Å²) in [4.78, 5) is 17.0. The number of hydrogen-bond donors (Lipinski definition) is 3. The van der Waals surface area contributed by atoms with Gasteiger partial charge in [0.25, 0.3) is 0 Å². The lowest BCUT2D eigenvalue weighted by molar-refractivity contribution is -0.116. The predicted molar refractivity (Wildman–Crippen MR) is 134 cm³/mol. The number of halogens is 1. The summed E-state index contributed by atoms with van der Waals surface area (Å²) in [5, 5.41) is 9.80. The highest BCUT2D eigenvalue weighted by molar-refractivity contribution is 14.0. The van der Waals surface area contributed by atoms with E-state index in [2.05, 4.69) is 59.3 Å². The van der Waals surface area contributed by atoms with Crippen LogP contribution in [0.5, 0.6) is 0 Å². The summed E-state index contributed by atoms with van der Waals surface area (Å²) < 4.78 is 0. The van der Waals surface area contributed by atoms with Gasteiger partial charge in [0.2, 0.25) is 5.91 Å². The molecule has 1 unspecified atom stereocenters. The number of anilines is 1. The largest absolute Gasteiger partial charge is 0.357 e. The van der Waals surface area contributed by atoms with Gasteiger partial charge in [-0.1, -0.05) is 48.5 Å². The van der Waals surface area contributed by atoms with Crippen LogP contribution in [0.1, 0.15) is 43.2 Å². The molecule has 4 rings (SSSR count). The van der Waals surface area contributed by atoms with Crippen LogP contribution in [-0.4, -0.2) is 31.5 Å². The molecule has 3 N–H and O–H groups in total. The minimum Gasteiger partial charge on any atom is -0.357 e. The zero-order valence-corrected chi connectivity index (χ0v) is 19.8. The van der Waals surface area contributed by atoms with Gasteiger partial charge in [-0.25, -0.2) is 0 Å². The van der Waals surface area contributed by atoms with Crippen LogP contribution in [-0.2, 0) is 11.2 Å². The first-order chi connectivity index (χ1) is 14.2. The van der Waals surface area contributed by atoms with Gasteiger partial charge in [0.05, 0.1) is 0 Å². The van der Waals surface area contributed by atoms with Gasteiger partial charge >= 0.3 is 0 Å². The molecule has 1 amide bonds. The van der Waals surface area contributed by atoms with Gasteiger partial charge in [-0.05, 0) is 48.8 Å². The van der Waals surface area contributed by atoms with Gasteiger partial charge in [-0.2, -0.15) is 0 Å².